The second kappa shape index (κ2) is 18.2. The Labute approximate surface area is 350 Å². The van der Waals surface area contributed by atoms with Gasteiger partial charge >= 0.3 is 6.03 Å². The molecule has 0 aromatic heterocycles. The Morgan fingerprint density at radius 2 is 1.58 bits per heavy atom. The molecule has 1 spiro atoms. The average Bonchev–Trinajstić information content (AvgIpc) is 3.47. The Kier molecular flexibility index (Phi) is 13.4. The van der Waals surface area contributed by atoms with E-state index in [0.29, 0.717) is 42.6 Å². The smallest absolute Gasteiger partial charge is 0.319 e. The lowest BCUT2D eigenvalue weighted by Crippen LogP contribution is -2.62. The van der Waals surface area contributed by atoms with Gasteiger partial charge in [-0.2, -0.15) is 0 Å². The molecule has 0 radical (unpaired) electrons. The number of benzene rings is 2. The third-order valence-corrected chi connectivity index (χ3v) is 11.9. The van der Waals surface area contributed by atoms with Gasteiger partial charge in [-0.3, -0.25) is 28.8 Å². The quantitative estimate of drug-likeness (QED) is 0.183. The van der Waals surface area contributed by atoms with E-state index in [2.05, 4.69) is 21.3 Å². The predicted molar refractivity (Wildman–Crippen MR) is 212 cm³/mol. The number of rotatable bonds is 12. The number of nitrogens with one attached hydrogen (secondary N) is 4. The van der Waals surface area contributed by atoms with Crippen LogP contribution in [0.2, 0.25) is 5.02 Å². The minimum absolute atomic E-state index is 0.00676. The summed E-state index contributed by atoms with van der Waals surface area (Å²) in [4.78, 5) is 98.8. The number of urea groups is 1. The molecule has 3 saturated heterocycles. The molecular weight excluding hydrogens is 808 g/mol. The summed E-state index contributed by atoms with van der Waals surface area (Å²) in [6.07, 6.45) is -1.19. The highest BCUT2D eigenvalue weighted by atomic mass is 35.5. The van der Waals surface area contributed by atoms with Crippen molar-refractivity contribution in [3.05, 3.63) is 64.7 Å². The van der Waals surface area contributed by atoms with Crippen molar-refractivity contribution in [2.24, 2.45) is 5.92 Å². The van der Waals surface area contributed by atoms with Crippen molar-refractivity contribution in [3.63, 3.8) is 0 Å². The number of nitrogens with zero attached hydrogens (tertiary/aromatic N) is 3. The summed E-state index contributed by atoms with van der Waals surface area (Å²) in [7, 11) is 0. The van der Waals surface area contributed by atoms with Gasteiger partial charge in [0.25, 0.3) is 0 Å². The maximum Gasteiger partial charge on any atom is 0.319 e. The van der Waals surface area contributed by atoms with Crippen molar-refractivity contribution in [2.75, 3.05) is 25.0 Å². The number of anilines is 1. The van der Waals surface area contributed by atoms with Gasteiger partial charge in [0.2, 0.25) is 29.5 Å². The molecule has 6 N–H and O–H groups in total. The van der Waals surface area contributed by atoms with Crippen LogP contribution in [0.3, 0.4) is 0 Å². The van der Waals surface area contributed by atoms with Crippen LogP contribution >= 0.6 is 11.6 Å². The summed E-state index contributed by atoms with van der Waals surface area (Å²) in [5.41, 5.74) is -0.528. The molecule has 6 rings (SSSR count). The van der Waals surface area contributed by atoms with Crippen LogP contribution in [-0.4, -0.2) is 134 Å². The molecule has 324 valence electrons. The van der Waals surface area contributed by atoms with Crippen molar-refractivity contribution in [3.8, 4) is 0 Å². The first-order valence-corrected chi connectivity index (χ1v) is 20.4. The standard InChI is InChI=1S/C41H50ClF2N7O9/c1-21-17-41(18-33(41)54)51(19-21)37(57)22(2)45-36(56)31-6-4-5-11-49(31)38(58)32-16-29(53)20-50(32)39(59)34(23(3)52)48-35(55)30(14-24-12-26(43)15-27(44)13-24)47-40(60)46-28-9-7-25(42)8-10-28/h7-10,12-13,15,21-23,29-32,34,52-53H,4-6,11,14,16-20H2,1-3H3,(H,45,56)(H,48,55)(H2,46,47,60)/t21-,22+,23+,29-,30+,31+,32+,34+,41+/m1/s1. The fourth-order valence-electron chi connectivity index (χ4n) is 8.60. The lowest BCUT2D eigenvalue weighted by atomic mass is 9.99. The average molecular weight is 858 g/mol. The monoisotopic (exact) mass is 857 g/mol. The largest absolute Gasteiger partial charge is 0.391 e. The van der Waals surface area contributed by atoms with Gasteiger partial charge in [-0.25, -0.2) is 13.6 Å². The van der Waals surface area contributed by atoms with Crippen LogP contribution in [0.25, 0.3) is 0 Å². The number of carbonyl (C=O) groups is 7. The molecule has 3 heterocycles. The first-order valence-electron chi connectivity index (χ1n) is 20.1. The minimum Gasteiger partial charge on any atom is -0.391 e. The topological polar surface area (TPSA) is 218 Å². The summed E-state index contributed by atoms with van der Waals surface area (Å²) in [5.74, 6) is -5.36. The Balaban J connectivity index is 1.16. The Hall–Kier alpha value is -5.20. The lowest BCUT2D eigenvalue weighted by molar-refractivity contribution is -0.152. The van der Waals surface area contributed by atoms with E-state index in [4.69, 9.17) is 11.6 Å². The lowest BCUT2D eigenvalue weighted by Gasteiger charge is -2.39. The number of hydrogen-bond acceptors (Lipinski definition) is 9. The molecular formula is C41H50ClF2N7O9. The van der Waals surface area contributed by atoms with Gasteiger partial charge in [0.05, 0.1) is 12.2 Å². The number of ketones is 1. The van der Waals surface area contributed by atoms with Crippen LogP contribution in [0, 0.1) is 17.6 Å². The number of likely N-dealkylation sites (tertiary alicyclic amines) is 3. The van der Waals surface area contributed by atoms with E-state index < -0.39 is 102 Å². The van der Waals surface area contributed by atoms with E-state index >= 15 is 0 Å². The number of β-amino-alcohol motifs (C(OH)–C–C–N with tert-alkyl or cyclic N) is 1. The number of piperidine rings is 1. The van der Waals surface area contributed by atoms with E-state index in [-0.39, 0.29) is 49.6 Å². The highest BCUT2D eigenvalue weighted by Gasteiger charge is 2.63. The van der Waals surface area contributed by atoms with Crippen LogP contribution in [0.5, 0.6) is 0 Å². The van der Waals surface area contributed by atoms with E-state index in [0.717, 1.165) is 17.0 Å². The van der Waals surface area contributed by atoms with Crippen LogP contribution in [-0.2, 0) is 35.2 Å². The van der Waals surface area contributed by atoms with Crippen molar-refractivity contribution >= 4 is 58.6 Å². The third-order valence-electron chi connectivity index (χ3n) is 11.6. The van der Waals surface area contributed by atoms with Crippen molar-refractivity contribution < 1.29 is 52.6 Å². The maximum absolute atomic E-state index is 14.3. The maximum atomic E-state index is 14.3. The van der Waals surface area contributed by atoms with Crippen molar-refractivity contribution in [2.45, 2.75) is 114 Å². The molecule has 19 heteroatoms. The molecule has 16 nitrogen and oxygen atoms in total. The molecule has 3 aliphatic heterocycles. The van der Waals surface area contributed by atoms with Crippen molar-refractivity contribution in [1.82, 2.24) is 30.7 Å². The molecule has 9 atom stereocenters. The van der Waals surface area contributed by atoms with E-state index in [9.17, 15) is 52.6 Å². The van der Waals surface area contributed by atoms with Crippen LogP contribution < -0.4 is 21.3 Å². The number of aliphatic hydroxyl groups excluding tert-OH is 2. The number of carbonyl (C=O) groups excluding carboxylic acids is 7. The molecule has 1 aliphatic carbocycles. The molecule has 4 fully saturated rings. The molecule has 0 unspecified atom stereocenters. The zero-order valence-corrected chi connectivity index (χ0v) is 34.2. The Morgan fingerprint density at radius 1 is 0.917 bits per heavy atom. The van der Waals surface area contributed by atoms with E-state index in [1.54, 1.807) is 4.90 Å². The van der Waals surface area contributed by atoms with Gasteiger partial charge in [0.15, 0.2) is 5.78 Å². The van der Waals surface area contributed by atoms with Gasteiger partial charge in [-0.1, -0.05) is 18.5 Å². The number of halogens is 3. The fourth-order valence-corrected chi connectivity index (χ4v) is 8.73. The summed E-state index contributed by atoms with van der Waals surface area (Å²) in [5, 5.41) is 32.1. The summed E-state index contributed by atoms with van der Waals surface area (Å²) < 4.78 is 28.3. The van der Waals surface area contributed by atoms with Crippen molar-refractivity contribution in [1.29, 1.82) is 0 Å². The second-order valence-electron chi connectivity index (χ2n) is 16.4. The molecule has 1 saturated carbocycles. The predicted octanol–water partition coefficient (Wildman–Crippen LogP) is 1.64. The van der Waals surface area contributed by atoms with Gasteiger partial charge in [-0.05, 0) is 87.4 Å². The third kappa shape index (κ3) is 9.87. The van der Waals surface area contributed by atoms with Gasteiger partial charge in [0, 0.05) is 55.7 Å². The van der Waals surface area contributed by atoms with Gasteiger partial charge < -0.3 is 46.2 Å². The summed E-state index contributed by atoms with van der Waals surface area (Å²) in [6.45, 7) is 4.87. The van der Waals surface area contributed by atoms with Gasteiger partial charge in [-0.15, -0.1) is 0 Å². The van der Waals surface area contributed by atoms with Crippen LogP contribution in [0.4, 0.5) is 19.3 Å². The molecule has 2 aromatic rings. The van der Waals surface area contributed by atoms with E-state index in [1.165, 1.54) is 43.0 Å². The molecule has 0 bridgehead atoms. The van der Waals surface area contributed by atoms with E-state index in [1.807, 2.05) is 6.92 Å². The molecule has 60 heavy (non-hydrogen) atoms. The number of Topliss-reactive ketones (excluding diaryl/α,β-unsaturated/α-hetero) is 1. The summed E-state index contributed by atoms with van der Waals surface area (Å²) in [6, 6.07) is 1.07. The number of aliphatic hydroxyl groups is 2. The normalized spacial score (nSPS) is 25.6. The SMILES string of the molecule is C[C@H]1CN(C(=O)[C@H](C)NC(=O)[C@@H]2CCCCN2C(=O)[C@@H]2C[C@@H](O)CN2C(=O)[C@@H](NC(=O)[C@H](Cc2cc(F)cc(F)c2)NC(=O)Nc2ccc(Cl)cc2)[C@H](C)O)[C@]2(CC2=O)C1. The highest BCUT2D eigenvalue weighted by Crippen LogP contribution is 2.48. The first kappa shape index (κ1) is 44.4. The molecule has 7 amide bonds. The minimum atomic E-state index is -1.73. The highest BCUT2D eigenvalue weighted by molar-refractivity contribution is 6.30. The zero-order chi connectivity index (χ0) is 43.6. The molecule has 2 aromatic carbocycles. The molecule has 4 aliphatic rings. The Bertz CT molecular complexity index is 2010. The van der Waals surface area contributed by atoms with Gasteiger partial charge in [0.1, 0.15) is 47.4 Å². The second-order valence-corrected chi connectivity index (χ2v) is 16.9. The fraction of sp³-hybridized carbons (Fsp3) is 0.537. The Morgan fingerprint density at radius 3 is 2.22 bits per heavy atom. The number of amides is 7. The summed E-state index contributed by atoms with van der Waals surface area (Å²) >= 11 is 5.92. The van der Waals surface area contributed by atoms with Crippen LogP contribution in [0.15, 0.2) is 42.5 Å². The zero-order valence-electron chi connectivity index (χ0n) is 33.5. The number of hydrogen-bond donors (Lipinski definition) is 6. The van der Waals surface area contributed by atoms with Crippen LogP contribution in [0.1, 0.15) is 64.9 Å². The first-order chi connectivity index (χ1) is 28.4.